The molecule has 2 N–H and O–H groups in total. The predicted octanol–water partition coefficient (Wildman–Crippen LogP) is 4.85. The lowest BCUT2D eigenvalue weighted by molar-refractivity contribution is -0.130. The van der Waals surface area contributed by atoms with Crippen LogP contribution in [0.2, 0.25) is 0 Å². The molecule has 7 heteroatoms. The lowest BCUT2D eigenvalue weighted by Crippen LogP contribution is -2.33. The minimum Gasteiger partial charge on any atom is -0.508 e. The van der Waals surface area contributed by atoms with E-state index in [0.717, 1.165) is 12.0 Å². The van der Waals surface area contributed by atoms with Gasteiger partial charge in [-0.25, -0.2) is 4.79 Å². The molecule has 0 saturated carbocycles. The number of ketones is 1. The third-order valence-electron chi connectivity index (χ3n) is 5.53. The topological polar surface area (TPSA) is 102 Å². The average molecular weight is 445 g/mol. The minimum atomic E-state index is -1.43. The number of benzene rings is 3. The zero-order valence-corrected chi connectivity index (χ0v) is 18.3. The number of amides is 2. The van der Waals surface area contributed by atoms with Gasteiger partial charge >= 0.3 is 6.09 Å². The number of carbonyl (C=O) groups excluding carboxylic acids is 3. The van der Waals surface area contributed by atoms with E-state index in [4.69, 9.17) is 9.47 Å². The van der Waals surface area contributed by atoms with Crippen LogP contribution in [-0.2, 0) is 21.6 Å². The molecule has 0 spiro atoms. The third kappa shape index (κ3) is 4.43. The molecule has 0 aromatic heterocycles. The number of imide groups is 1. The summed E-state index contributed by atoms with van der Waals surface area (Å²) in [7, 11) is 0. The molecule has 1 atom stereocenters. The molecule has 0 aliphatic carbocycles. The summed E-state index contributed by atoms with van der Waals surface area (Å²) in [6.07, 6.45) is 0.762. The largest absolute Gasteiger partial charge is 0.508 e. The number of cyclic esters (lactones) is 1. The van der Waals surface area contributed by atoms with Gasteiger partial charge in [-0.2, -0.15) is 0 Å². The van der Waals surface area contributed by atoms with E-state index in [9.17, 15) is 19.5 Å². The van der Waals surface area contributed by atoms with Gasteiger partial charge in [-0.15, -0.1) is 0 Å². The van der Waals surface area contributed by atoms with Crippen molar-refractivity contribution in [3.05, 3.63) is 89.0 Å². The number of nitrogens with one attached hydrogen (secondary N) is 1. The summed E-state index contributed by atoms with van der Waals surface area (Å²) >= 11 is 0. The molecule has 33 heavy (non-hydrogen) atoms. The van der Waals surface area contributed by atoms with E-state index in [1.807, 2.05) is 13.0 Å². The van der Waals surface area contributed by atoms with Gasteiger partial charge in [-0.3, -0.25) is 14.9 Å². The number of aromatic hydroxyl groups is 1. The molecule has 7 nitrogen and oxygen atoms in total. The molecule has 0 bridgehead atoms. The molecular weight excluding hydrogens is 422 g/mol. The first-order valence-electron chi connectivity index (χ1n) is 10.6. The van der Waals surface area contributed by atoms with Gasteiger partial charge in [0, 0.05) is 16.7 Å². The van der Waals surface area contributed by atoms with Crippen LogP contribution >= 0.6 is 0 Å². The number of hydrogen-bond acceptors (Lipinski definition) is 6. The fourth-order valence-corrected chi connectivity index (χ4v) is 3.71. The highest BCUT2D eigenvalue weighted by molar-refractivity contribution is 6.09. The van der Waals surface area contributed by atoms with Crippen LogP contribution < -0.4 is 10.1 Å². The first kappa shape index (κ1) is 22.1. The number of aryl methyl sites for hydroxylation is 1. The van der Waals surface area contributed by atoms with E-state index >= 15 is 0 Å². The van der Waals surface area contributed by atoms with Crippen molar-refractivity contribution in [3.63, 3.8) is 0 Å². The molecule has 2 amide bonds. The quantitative estimate of drug-likeness (QED) is 0.504. The Morgan fingerprint density at radius 2 is 1.76 bits per heavy atom. The Morgan fingerprint density at radius 3 is 2.42 bits per heavy atom. The van der Waals surface area contributed by atoms with Gasteiger partial charge in [0.2, 0.25) is 5.60 Å². The molecule has 0 radical (unpaired) electrons. The van der Waals surface area contributed by atoms with E-state index in [0.29, 0.717) is 34.6 Å². The summed E-state index contributed by atoms with van der Waals surface area (Å²) in [5, 5.41) is 11.6. The zero-order valence-electron chi connectivity index (χ0n) is 18.3. The van der Waals surface area contributed by atoms with Crippen LogP contribution in [0.4, 0.5) is 4.79 Å². The summed E-state index contributed by atoms with van der Waals surface area (Å²) in [4.78, 5) is 36.6. The van der Waals surface area contributed by atoms with Crippen molar-refractivity contribution in [2.75, 3.05) is 0 Å². The summed E-state index contributed by atoms with van der Waals surface area (Å²) in [5.41, 5.74) is 0.924. The summed E-state index contributed by atoms with van der Waals surface area (Å²) in [6.45, 7) is 3.56. The molecule has 1 fully saturated rings. The van der Waals surface area contributed by atoms with Gasteiger partial charge in [0.05, 0.1) is 0 Å². The maximum Gasteiger partial charge on any atom is 0.415 e. The average Bonchev–Trinajstić information content (AvgIpc) is 3.07. The highest BCUT2D eigenvalue weighted by atomic mass is 16.6. The second-order valence-corrected chi connectivity index (χ2v) is 7.96. The number of phenolic OH excluding ortho intramolecular Hbond substituents is 1. The van der Waals surface area contributed by atoms with Crippen LogP contribution in [0.15, 0.2) is 66.7 Å². The molecule has 168 valence electrons. The fourth-order valence-electron chi connectivity index (χ4n) is 3.71. The van der Waals surface area contributed by atoms with Crippen molar-refractivity contribution in [2.24, 2.45) is 0 Å². The molecule has 0 unspecified atom stereocenters. The van der Waals surface area contributed by atoms with Crippen molar-refractivity contribution < 1.29 is 29.0 Å². The second kappa shape index (κ2) is 8.78. The lowest BCUT2D eigenvalue weighted by Gasteiger charge is -2.20. The van der Waals surface area contributed by atoms with Crippen LogP contribution in [0.1, 0.15) is 47.3 Å². The second-order valence-electron chi connectivity index (χ2n) is 7.96. The Kier molecular flexibility index (Phi) is 5.87. The number of ether oxygens (including phenoxy) is 2. The van der Waals surface area contributed by atoms with Crippen LogP contribution in [0.5, 0.6) is 17.2 Å². The van der Waals surface area contributed by atoms with Crippen molar-refractivity contribution in [2.45, 2.75) is 32.3 Å². The monoisotopic (exact) mass is 445 g/mol. The highest BCUT2D eigenvalue weighted by Crippen LogP contribution is 2.34. The predicted molar refractivity (Wildman–Crippen MR) is 120 cm³/mol. The summed E-state index contributed by atoms with van der Waals surface area (Å²) < 4.78 is 11.3. The molecular formula is C26H23NO6. The van der Waals surface area contributed by atoms with E-state index < -0.39 is 17.6 Å². The van der Waals surface area contributed by atoms with Gasteiger partial charge < -0.3 is 14.6 Å². The van der Waals surface area contributed by atoms with Crippen molar-refractivity contribution >= 4 is 17.8 Å². The number of carbonyl (C=O) groups is 3. The van der Waals surface area contributed by atoms with Gasteiger partial charge in [0.15, 0.2) is 5.78 Å². The van der Waals surface area contributed by atoms with E-state index in [-0.39, 0.29) is 11.5 Å². The normalized spacial score (nSPS) is 17.4. The molecule has 1 heterocycles. The SMILES string of the molecule is CCCc1cc(C(=O)c2ccc(O)cc2)ccc1Oc1cccc([C@@]2(C)OC(=O)NC2=O)c1. The standard InChI is InChI=1S/C26H23NO6/c1-3-5-17-14-18(23(29)16-8-11-20(28)12-9-16)10-13-22(17)32-21-7-4-6-19(15-21)26(2)24(30)27-25(31)33-26/h4,6-15,28H,3,5H2,1-2H3,(H,27,30,31)/t26-/m1/s1. The highest BCUT2D eigenvalue weighted by Gasteiger charge is 2.46. The Balaban J connectivity index is 1.62. The molecule has 1 aliphatic heterocycles. The minimum absolute atomic E-state index is 0.0999. The maximum absolute atomic E-state index is 12.9. The third-order valence-corrected chi connectivity index (χ3v) is 5.53. The first-order valence-corrected chi connectivity index (χ1v) is 10.6. The fraction of sp³-hybridized carbons (Fsp3) is 0.192. The van der Waals surface area contributed by atoms with Crippen LogP contribution in [-0.4, -0.2) is 22.9 Å². The van der Waals surface area contributed by atoms with Crippen LogP contribution in [0.25, 0.3) is 0 Å². The van der Waals surface area contributed by atoms with E-state index in [1.165, 1.54) is 19.1 Å². The van der Waals surface area contributed by atoms with Crippen LogP contribution in [0, 0.1) is 0 Å². The van der Waals surface area contributed by atoms with Crippen LogP contribution in [0.3, 0.4) is 0 Å². The van der Waals surface area contributed by atoms with Crippen molar-refractivity contribution in [1.82, 2.24) is 5.32 Å². The van der Waals surface area contributed by atoms with E-state index in [2.05, 4.69) is 5.32 Å². The smallest absolute Gasteiger partial charge is 0.415 e. The number of phenols is 1. The van der Waals surface area contributed by atoms with Crippen molar-refractivity contribution in [1.29, 1.82) is 0 Å². The van der Waals surface area contributed by atoms with Gasteiger partial charge in [-0.1, -0.05) is 25.5 Å². The number of hydrogen-bond donors (Lipinski definition) is 2. The van der Waals surface area contributed by atoms with Gasteiger partial charge in [0.1, 0.15) is 17.2 Å². The van der Waals surface area contributed by atoms with Gasteiger partial charge in [0.25, 0.3) is 5.91 Å². The zero-order chi connectivity index (χ0) is 23.6. The van der Waals surface area contributed by atoms with E-state index in [1.54, 1.807) is 48.5 Å². The molecule has 3 aromatic rings. The Labute approximate surface area is 191 Å². The Morgan fingerprint density at radius 1 is 1.03 bits per heavy atom. The lowest BCUT2D eigenvalue weighted by atomic mass is 9.95. The first-order chi connectivity index (χ1) is 15.8. The Bertz CT molecular complexity index is 1230. The Hall–Kier alpha value is -4.13. The number of alkyl carbamates (subject to hydrolysis) is 1. The number of rotatable bonds is 7. The summed E-state index contributed by atoms with van der Waals surface area (Å²) in [6, 6.07) is 18.2. The van der Waals surface area contributed by atoms with Gasteiger partial charge in [-0.05, 0) is 73.5 Å². The molecule has 3 aromatic carbocycles. The summed E-state index contributed by atoms with van der Waals surface area (Å²) in [5.74, 6) is 0.480. The maximum atomic E-state index is 12.9. The molecule has 1 aliphatic rings. The molecule has 1 saturated heterocycles. The molecule has 4 rings (SSSR count). The van der Waals surface area contributed by atoms with Crippen molar-refractivity contribution in [3.8, 4) is 17.2 Å².